The van der Waals surface area contributed by atoms with Crippen molar-refractivity contribution in [3.8, 4) is 0 Å². The molecule has 2 aromatic heterocycles. The van der Waals surface area contributed by atoms with Crippen molar-refractivity contribution in [3.05, 3.63) is 83.6 Å². The van der Waals surface area contributed by atoms with Crippen LogP contribution in [0.25, 0.3) is 0 Å². The Kier molecular flexibility index (Phi) is 6.49. The molecule has 0 unspecified atom stereocenters. The number of thioether (sulfide) groups is 1. The van der Waals surface area contributed by atoms with Crippen LogP contribution < -0.4 is 0 Å². The summed E-state index contributed by atoms with van der Waals surface area (Å²) in [5, 5.41) is 0. The minimum atomic E-state index is -0.440. The number of amides is 1. The molecule has 0 spiro atoms. The quantitative estimate of drug-likeness (QED) is 0.444. The molecule has 0 atom stereocenters. The Balaban J connectivity index is 1.73. The number of carbonyl (C=O) groups is 2. The van der Waals surface area contributed by atoms with E-state index >= 15 is 0 Å². The van der Waals surface area contributed by atoms with Gasteiger partial charge in [-0.15, -0.1) is 11.8 Å². The van der Waals surface area contributed by atoms with Gasteiger partial charge >= 0.3 is 5.97 Å². The van der Waals surface area contributed by atoms with Crippen molar-refractivity contribution in [1.82, 2.24) is 9.88 Å². The molecule has 0 radical (unpaired) electrons. The van der Waals surface area contributed by atoms with Crippen molar-refractivity contribution in [3.63, 3.8) is 0 Å². The molecule has 0 saturated carbocycles. The highest BCUT2D eigenvalue weighted by atomic mass is 32.2. The fourth-order valence-electron chi connectivity index (χ4n) is 2.70. The minimum Gasteiger partial charge on any atom is -0.468 e. The van der Waals surface area contributed by atoms with Crippen LogP contribution in [0, 0.1) is 0 Å². The van der Waals surface area contributed by atoms with Crippen LogP contribution in [0.15, 0.2) is 70.4 Å². The van der Waals surface area contributed by atoms with Gasteiger partial charge in [0.05, 0.1) is 24.7 Å². The molecule has 1 aromatic carbocycles. The Morgan fingerprint density at radius 1 is 1.14 bits per heavy atom. The number of esters is 1. The van der Waals surface area contributed by atoms with E-state index in [1.54, 1.807) is 36.5 Å². The molecule has 7 heteroatoms. The van der Waals surface area contributed by atoms with Crippen LogP contribution in [0.1, 0.15) is 32.0 Å². The maximum absolute atomic E-state index is 12.9. The number of nitrogens with zero attached hydrogens (tertiary/aromatic N) is 2. The molecule has 3 aromatic rings. The Hall–Kier alpha value is -3.06. The van der Waals surface area contributed by atoms with Gasteiger partial charge in [-0.3, -0.25) is 9.78 Å². The first-order chi connectivity index (χ1) is 13.6. The van der Waals surface area contributed by atoms with Crippen LogP contribution in [0.4, 0.5) is 0 Å². The van der Waals surface area contributed by atoms with Crippen LogP contribution in [-0.4, -0.2) is 35.9 Å². The lowest BCUT2D eigenvalue weighted by molar-refractivity contribution is 0.0598. The van der Waals surface area contributed by atoms with E-state index in [0.717, 1.165) is 10.5 Å². The second-order valence-electron chi connectivity index (χ2n) is 6.06. The zero-order valence-corrected chi connectivity index (χ0v) is 16.4. The molecular formula is C21H20N2O4S. The number of hydrogen-bond donors (Lipinski definition) is 0. The molecule has 2 heterocycles. The van der Waals surface area contributed by atoms with E-state index < -0.39 is 5.97 Å². The van der Waals surface area contributed by atoms with Crippen molar-refractivity contribution in [2.24, 2.45) is 0 Å². The highest BCUT2D eigenvalue weighted by molar-refractivity contribution is 7.98. The van der Waals surface area contributed by atoms with Gasteiger partial charge in [-0.05, 0) is 29.8 Å². The summed E-state index contributed by atoms with van der Waals surface area (Å²) in [5.41, 5.74) is 1.96. The Morgan fingerprint density at radius 2 is 1.96 bits per heavy atom. The van der Waals surface area contributed by atoms with E-state index in [-0.39, 0.29) is 5.91 Å². The van der Waals surface area contributed by atoms with E-state index in [0.29, 0.717) is 29.2 Å². The fraction of sp³-hybridized carbons (Fsp3) is 0.190. The van der Waals surface area contributed by atoms with Gasteiger partial charge in [0.1, 0.15) is 11.3 Å². The number of hydrogen-bond acceptors (Lipinski definition) is 6. The van der Waals surface area contributed by atoms with Gasteiger partial charge in [0.2, 0.25) is 0 Å². The summed E-state index contributed by atoms with van der Waals surface area (Å²) < 4.78 is 10.2. The number of benzene rings is 1. The van der Waals surface area contributed by atoms with Crippen LogP contribution in [0.2, 0.25) is 0 Å². The van der Waals surface area contributed by atoms with E-state index in [1.165, 1.54) is 25.1 Å². The van der Waals surface area contributed by atoms with Crippen molar-refractivity contribution < 1.29 is 18.7 Å². The summed E-state index contributed by atoms with van der Waals surface area (Å²) in [7, 11) is 3.09. The third kappa shape index (κ3) is 4.61. The first kappa shape index (κ1) is 19.7. The Bertz CT molecular complexity index is 956. The zero-order valence-electron chi connectivity index (χ0n) is 15.6. The highest BCUT2D eigenvalue weighted by Gasteiger charge is 2.19. The van der Waals surface area contributed by atoms with E-state index in [9.17, 15) is 9.59 Å². The van der Waals surface area contributed by atoms with Crippen LogP contribution in [-0.2, 0) is 17.0 Å². The first-order valence-electron chi connectivity index (χ1n) is 8.61. The molecule has 6 nitrogen and oxygen atoms in total. The molecular weight excluding hydrogens is 376 g/mol. The van der Waals surface area contributed by atoms with Crippen LogP contribution in [0.3, 0.4) is 0 Å². The summed E-state index contributed by atoms with van der Waals surface area (Å²) in [5.74, 6) is 0.404. The van der Waals surface area contributed by atoms with Gasteiger partial charge in [0, 0.05) is 30.9 Å². The summed E-state index contributed by atoms with van der Waals surface area (Å²) >= 11 is 1.44. The topological polar surface area (TPSA) is 72.6 Å². The lowest BCUT2D eigenvalue weighted by atomic mass is 10.2. The fourth-order valence-corrected chi connectivity index (χ4v) is 3.70. The average Bonchev–Trinajstić information content (AvgIpc) is 3.20. The summed E-state index contributed by atoms with van der Waals surface area (Å²) in [4.78, 5) is 31.3. The standard InChI is InChI=1S/C21H20N2O4S/c1-23(13-15-6-5-10-22-12-15)20(24)17-7-3-4-8-19(17)28-14-18-16(9-11-27-18)21(25)26-2/h3-12H,13-14H2,1-2H3. The van der Waals surface area contributed by atoms with Crippen LogP contribution in [0.5, 0.6) is 0 Å². The van der Waals surface area contributed by atoms with Gasteiger partial charge < -0.3 is 14.1 Å². The normalized spacial score (nSPS) is 10.5. The van der Waals surface area contributed by atoms with E-state index in [4.69, 9.17) is 9.15 Å². The predicted molar refractivity (Wildman–Crippen MR) is 106 cm³/mol. The lowest BCUT2D eigenvalue weighted by Crippen LogP contribution is -2.26. The molecule has 28 heavy (non-hydrogen) atoms. The molecule has 144 valence electrons. The van der Waals surface area contributed by atoms with Crippen molar-refractivity contribution in [2.75, 3.05) is 14.2 Å². The third-order valence-electron chi connectivity index (χ3n) is 4.12. The molecule has 0 N–H and O–H groups in total. The second-order valence-corrected chi connectivity index (χ2v) is 7.07. The zero-order chi connectivity index (χ0) is 19.9. The number of pyridine rings is 1. The van der Waals surface area contributed by atoms with Crippen LogP contribution >= 0.6 is 11.8 Å². The van der Waals surface area contributed by atoms with Gasteiger partial charge in [0.25, 0.3) is 5.91 Å². The molecule has 0 aliphatic carbocycles. The van der Waals surface area contributed by atoms with Gasteiger partial charge in [-0.25, -0.2) is 4.79 Å². The van der Waals surface area contributed by atoms with Gasteiger partial charge in [-0.2, -0.15) is 0 Å². The number of furan rings is 1. The third-order valence-corrected chi connectivity index (χ3v) is 5.19. The Morgan fingerprint density at radius 3 is 2.71 bits per heavy atom. The number of ether oxygens (including phenoxy) is 1. The molecule has 0 fully saturated rings. The van der Waals surface area contributed by atoms with Gasteiger partial charge in [-0.1, -0.05) is 18.2 Å². The second kappa shape index (κ2) is 9.23. The lowest BCUT2D eigenvalue weighted by Gasteiger charge is -2.19. The first-order valence-corrected chi connectivity index (χ1v) is 9.59. The summed E-state index contributed by atoms with van der Waals surface area (Å²) in [6.45, 7) is 0.469. The van der Waals surface area contributed by atoms with Crippen molar-refractivity contribution >= 4 is 23.6 Å². The molecule has 0 aliphatic rings. The molecule has 0 saturated heterocycles. The Labute approximate surface area is 167 Å². The number of carbonyl (C=O) groups excluding carboxylic acids is 2. The maximum Gasteiger partial charge on any atom is 0.341 e. The number of methoxy groups -OCH3 is 1. The smallest absolute Gasteiger partial charge is 0.341 e. The van der Waals surface area contributed by atoms with E-state index in [1.807, 2.05) is 30.3 Å². The molecule has 3 rings (SSSR count). The van der Waals surface area contributed by atoms with Crippen molar-refractivity contribution in [1.29, 1.82) is 0 Å². The monoisotopic (exact) mass is 396 g/mol. The SMILES string of the molecule is COC(=O)c1ccoc1CSc1ccccc1C(=O)N(C)Cc1cccnc1. The van der Waals surface area contributed by atoms with E-state index in [2.05, 4.69) is 4.98 Å². The highest BCUT2D eigenvalue weighted by Crippen LogP contribution is 2.29. The summed E-state index contributed by atoms with van der Waals surface area (Å²) in [6, 6.07) is 12.8. The average molecular weight is 396 g/mol. The molecule has 0 bridgehead atoms. The largest absolute Gasteiger partial charge is 0.468 e. The van der Waals surface area contributed by atoms with Crippen molar-refractivity contribution in [2.45, 2.75) is 17.2 Å². The maximum atomic E-state index is 12.9. The summed E-state index contributed by atoms with van der Waals surface area (Å²) in [6.07, 6.45) is 4.91. The minimum absolute atomic E-state index is 0.0837. The molecule has 1 amide bonds. The molecule has 0 aliphatic heterocycles. The number of rotatable bonds is 7. The predicted octanol–water partition coefficient (Wildman–Crippen LogP) is 4.03. The van der Waals surface area contributed by atoms with Gasteiger partial charge in [0.15, 0.2) is 0 Å². The number of aromatic nitrogens is 1.